The van der Waals surface area contributed by atoms with E-state index in [1.165, 1.54) is 0 Å². The van der Waals surface area contributed by atoms with Crippen LogP contribution in [-0.4, -0.2) is 19.1 Å². The van der Waals surface area contributed by atoms with Crippen molar-refractivity contribution in [3.63, 3.8) is 0 Å². The first kappa shape index (κ1) is 18.2. The van der Waals surface area contributed by atoms with Gasteiger partial charge in [-0.15, -0.1) is 0 Å². The molecule has 0 aromatic heterocycles. The van der Waals surface area contributed by atoms with Crippen molar-refractivity contribution in [2.24, 2.45) is 5.73 Å². The zero-order valence-electron chi connectivity index (χ0n) is 12.7. The van der Waals surface area contributed by atoms with Crippen molar-refractivity contribution in [2.45, 2.75) is 12.8 Å². The van der Waals surface area contributed by atoms with Crippen molar-refractivity contribution in [1.29, 1.82) is 0 Å². The zero-order chi connectivity index (χ0) is 17.5. The van der Waals surface area contributed by atoms with Crippen LogP contribution in [0.15, 0.2) is 40.9 Å². The average Bonchev–Trinajstić information content (AvgIpc) is 2.52. The third-order valence-electron chi connectivity index (χ3n) is 3.16. The summed E-state index contributed by atoms with van der Waals surface area (Å²) in [7, 11) is 0. The maximum atomic E-state index is 13.9. The Morgan fingerprint density at radius 1 is 1.08 bits per heavy atom. The van der Waals surface area contributed by atoms with Crippen molar-refractivity contribution in [2.75, 3.05) is 13.2 Å². The Hall–Kier alpha value is -2.15. The van der Waals surface area contributed by atoms with E-state index in [0.717, 1.165) is 22.4 Å². The molecule has 2 aromatic rings. The molecular weight excluding hydrogens is 384 g/mol. The number of benzene rings is 2. The Bertz CT molecular complexity index is 725. The molecular formula is C17H16BrF2NO3. The van der Waals surface area contributed by atoms with E-state index in [1.54, 1.807) is 0 Å². The minimum absolute atomic E-state index is 0.196. The van der Waals surface area contributed by atoms with E-state index in [0.29, 0.717) is 19.4 Å². The molecule has 0 radical (unpaired) electrons. The van der Waals surface area contributed by atoms with Crippen molar-refractivity contribution in [3.05, 3.63) is 58.1 Å². The molecule has 0 spiro atoms. The fourth-order valence-corrected chi connectivity index (χ4v) is 2.38. The number of hydrogen-bond acceptors (Lipinski definition) is 3. The number of unbranched alkanes of at least 4 members (excludes halogenated alkanes) is 1. The predicted molar refractivity (Wildman–Crippen MR) is 89.2 cm³/mol. The summed E-state index contributed by atoms with van der Waals surface area (Å²) in [6.45, 7) is 0.695. The van der Waals surface area contributed by atoms with Gasteiger partial charge in [0, 0.05) is 4.47 Å². The number of carbonyl (C=O) groups is 1. The molecule has 128 valence electrons. The van der Waals surface area contributed by atoms with Crippen molar-refractivity contribution >= 4 is 21.8 Å². The van der Waals surface area contributed by atoms with Gasteiger partial charge in [0.1, 0.15) is 17.1 Å². The Morgan fingerprint density at radius 3 is 2.46 bits per heavy atom. The molecule has 1 amide bonds. The van der Waals surface area contributed by atoms with Crippen LogP contribution >= 0.6 is 15.9 Å². The lowest BCUT2D eigenvalue weighted by molar-refractivity contribution is 0.0991. The van der Waals surface area contributed by atoms with Crippen molar-refractivity contribution in [3.8, 4) is 11.5 Å². The van der Waals surface area contributed by atoms with E-state index in [9.17, 15) is 13.6 Å². The molecule has 0 fully saturated rings. The summed E-state index contributed by atoms with van der Waals surface area (Å²) in [5.41, 5.74) is 4.16. The van der Waals surface area contributed by atoms with Crippen molar-refractivity contribution in [1.82, 2.24) is 0 Å². The third-order valence-corrected chi connectivity index (χ3v) is 3.66. The number of ether oxygens (including phenoxy) is 2. The monoisotopic (exact) mass is 399 g/mol. The Balaban J connectivity index is 1.77. The van der Waals surface area contributed by atoms with Crippen LogP contribution in [0.4, 0.5) is 8.78 Å². The summed E-state index contributed by atoms with van der Waals surface area (Å²) < 4.78 is 39.0. The molecule has 0 aliphatic carbocycles. The summed E-state index contributed by atoms with van der Waals surface area (Å²) in [4.78, 5) is 11.0. The smallest absolute Gasteiger partial charge is 0.254 e. The van der Waals surface area contributed by atoms with Crippen LogP contribution in [0, 0.1) is 11.6 Å². The number of hydrogen-bond donors (Lipinski definition) is 1. The van der Waals surface area contributed by atoms with Crippen LogP contribution in [0.3, 0.4) is 0 Å². The van der Waals surface area contributed by atoms with Crippen LogP contribution in [0.2, 0.25) is 0 Å². The van der Waals surface area contributed by atoms with Gasteiger partial charge in [-0.1, -0.05) is 22.0 Å². The van der Waals surface area contributed by atoms with Crippen LogP contribution in [-0.2, 0) is 0 Å². The third kappa shape index (κ3) is 4.92. The van der Waals surface area contributed by atoms with E-state index in [-0.39, 0.29) is 12.4 Å². The van der Waals surface area contributed by atoms with Crippen LogP contribution in [0.1, 0.15) is 23.2 Å². The average molecular weight is 400 g/mol. The van der Waals surface area contributed by atoms with Gasteiger partial charge in [-0.25, -0.2) is 8.78 Å². The zero-order valence-corrected chi connectivity index (χ0v) is 14.3. The molecule has 0 unspecified atom stereocenters. The first-order valence-corrected chi connectivity index (χ1v) is 8.07. The van der Waals surface area contributed by atoms with Crippen LogP contribution in [0.5, 0.6) is 11.5 Å². The minimum Gasteiger partial charge on any atom is -0.494 e. The van der Waals surface area contributed by atoms with Gasteiger partial charge < -0.3 is 15.2 Å². The second kappa shape index (κ2) is 8.63. The Labute approximate surface area is 146 Å². The number of amides is 1. The quantitative estimate of drug-likeness (QED) is 0.680. The van der Waals surface area contributed by atoms with E-state index < -0.39 is 23.1 Å². The lowest BCUT2D eigenvalue weighted by atomic mass is 10.1. The molecule has 0 bridgehead atoms. The van der Waals surface area contributed by atoms with E-state index in [2.05, 4.69) is 15.9 Å². The maximum absolute atomic E-state index is 13.9. The highest BCUT2D eigenvalue weighted by Gasteiger charge is 2.19. The van der Waals surface area contributed by atoms with E-state index in [1.807, 2.05) is 24.3 Å². The summed E-state index contributed by atoms with van der Waals surface area (Å²) in [6, 6.07) is 9.56. The molecule has 2 aromatic carbocycles. The SMILES string of the molecule is NC(=O)c1c(F)ccc(OCCCCOc2cccc(Br)c2)c1F. The molecule has 2 rings (SSSR count). The Kier molecular flexibility index (Phi) is 6.54. The normalized spacial score (nSPS) is 10.5. The lowest BCUT2D eigenvalue weighted by Crippen LogP contribution is -2.16. The van der Waals surface area contributed by atoms with Gasteiger partial charge >= 0.3 is 0 Å². The molecule has 0 saturated heterocycles. The second-order valence-electron chi connectivity index (χ2n) is 4.96. The second-order valence-corrected chi connectivity index (χ2v) is 5.88. The van der Waals surface area contributed by atoms with Gasteiger partial charge in [0.2, 0.25) is 0 Å². The molecule has 7 heteroatoms. The molecule has 0 heterocycles. The fourth-order valence-electron chi connectivity index (χ4n) is 2.00. The first-order chi connectivity index (χ1) is 11.5. The summed E-state index contributed by atoms with van der Waals surface area (Å²) in [5.74, 6) is -2.69. The van der Waals surface area contributed by atoms with Gasteiger partial charge in [0.15, 0.2) is 11.6 Å². The molecule has 0 aliphatic rings. The number of nitrogens with two attached hydrogens (primary N) is 1. The van der Waals surface area contributed by atoms with Crippen LogP contribution < -0.4 is 15.2 Å². The molecule has 4 nitrogen and oxygen atoms in total. The molecule has 24 heavy (non-hydrogen) atoms. The fraction of sp³-hybridized carbons (Fsp3) is 0.235. The number of rotatable bonds is 8. The summed E-state index contributed by atoms with van der Waals surface area (Å²) in [5, 5.41) is 0. The molecule has 2 N–H and O–H groups in total. The van der Waals surface area contributed by atoms with Gasteiger partial charge in [-0.2, -0.15) is 0 Å². The van der Waals surface area contributed by atoms with Crippen molar-refractivity contribution < 1.29 is 23.0 Å². The maximum Gasteiger partial charge on any atom is 0.254 e. The van der Waals surface area contributed by atoms with E-state index in [4.69, 9.17) is 15.2 Å². The highest BCUT2D eigenvalue weighted by atomic mass is 79.9. The Morgan fingerprint density at radius 2 is 1.79 bits per heavy atom. The van der Waals surface area contributed by atoms with Gasteiger partial charge in [-0.3, -0.25) is 4.79 Å². The van der Waals surface area contributed by atoms with E-state index >= 15 is 0 Å². The molecule has 0 saturated carbocycles. The topological polar surface area (TPSA) is 61.6 Å². The molecule has 0 aliphatic heterocycles. The number of halogens is 3. The summed E-state index contributed by atoms with van der Waals surface area (Å²) in [6.07, 6.45) is 1.30. The number of primary amides is 1. The lowest BCUT2D eigenvalue weighted by Gasteiger charge is -2.10. The minimum atomic E-state index is -1.17. The predicted octanol–water partition coefficient (Wildman–Crippen LogP) is 4.06. The standard InChI is InChI=1S/C17H16BrF2NO3/c18-11-4-3-5-12(10-11)23-8-1-2-9-24-14-7-6-13(19)15(16(14)20)17(21)22/h3-7,10H,1-2,8-9H2,(H2,21,22). The largest absolute Gasteiger partial charge is 0.494 e. The first-order valence-electron chi connectivity index (χ1n) is 7.28. The van der Waals surface area contributed by atoms with Gasteiger partial charge in [0.25, 0.3) is 5.91 Å². The van der Waals surface area contributed by atoms with Crippen LogP contribution in [0.25, 0.3) is 0 Å². The molecule has 0 atom stereocenters. The van der Waals surface area contributed by atoms with Gasteiger partial charge in [0.05, 0.1) is 13.2 Å². The highest BCUT2D eigenvalue weighted by Crippen LogP contribution is 2.23. The summed E-state index contributed by atoms with van der Waals surface area (Å²) >= 11 is 3.35. The number of carbonyl (C=O) groups excluding carboxylic acids is 1. The highest BCUT2D eigenvalue weighted by molar-refractivity contribution is 9.10. The van der Waals surface area contributed by atoms with Gasteiger partial charge in [-0.05, 0) is 43.2 Å².